The highest BCUT2D eigenvalue weighted by Gasteiger charge is 2.08. The maximum absolute atomic E-state index is 13.7. The first-order valence-corrected chi connectivity index (χ1v) is 6.95. The van der Waals surface area contributed by atoms with E-state index in [1.165, 1.54) is 17.7 Å². The van der Waals surface area contributed by atoms with Crippen LogP contribution in [-0.2, 0) is 11.5 Å². The van der Waals surface area contributed by atoms with E-state index in [1.807, 2.05) is 30.3 Å². The molecule has 2 aromatic carbocycles. The molecule has 0 fully saturated rings. The molecule has 0 aromatic heterocycles. The average Bonchev–Trinajstić information content (AvgIpc) is 2.41. The molecule has 0 atom stereocenters. The first kappa shape index (κ1) is 13.6. The topological polar surface area (TPSA) is 37.3 Å². The molecule has 2 rings (SSSR count). The summed E-state index contributed by atoms with van der Waals surface area (Å²) < 4.78 is 13.7. The van der Waals surface area contributed by atoms with Gasteiger partial charge in [0.15, 0.2) is 0 Å². The number of hydrogen-bond acceptors (Lipinski definition) is 2. The Bertz CT molecular complexity index is 570. The lowest BCUT2D eigenvalue weighted by Gasteiger charge is -2.05. The van der Waals surface area contributed by atoms with Gasteiger partial charge in [-0.25, -0.2) is 9.18 Å². The maximum Gasteiger partial charge on any atom is 0.335 e. The Morgan fingerprint density at radius 1 is 1.11 bits per heavy atom. The van der Waals surface area contributed by atoms with Gasteiger partial charge in [0.1, 0.15) is 5.82 Å². The Kier molecular flexibility index (Phi) is 4.58. The second kappa shape index (κ2) is 6.38. The minimum absolute atomic E-state index is 0.0192. The normalized spacial score (nSPS) is 10.4. The molecule has 0 saturated carbocycles. The van der Waals surface area contributed by atoms with Crippen LogP contribution in [0.25, 0.3) is 0 Å². The number of carbonyl (C=O) groups is 1. The van der Waals surface area contributed by atoms with E-state index >= 15 is 0 Å². The van der Waals surface area contributed by atoms with Crippen LogP contribution in [0.5, 0.6) is 0 Å². The fraction of sp³-hybridized carbons (Fsp3) is 0.133. The van der Waals surface area contributed by atoms with Crippen molar-refractivity contribution in [3.8, 4) is 0 Å². The van der Waals surface area contributed by atoms with Gasteiger partial charge < -0.3 is 5.11 Å². The Morgan fingerprint density at radius 3 is 2.47 bits per heavy atom. The number of rotatable bonds is 5. The number of benzene rings is 2. The summed E-state index contributed by atoms with van der Waals surface area (Å²) in [5, 5.41) is 8.75. The van der Waals surface area contributed by atoms with Gasteiger partial charge in [-0.1, -0.05) is 36.4 Å². The molecule has 2 aromatic rings. The molecule has 2 nitrogen and oxygen atoms in total. The number of carboxylic acids is 1. The number of halogens is 1. The molecule has 1 N–H and O–H groups in total. The fourth-order valence-electron chi connectivity index (χ4n) is 1.65. The molecule has 98 valence electrons. The zero-order valence-electron chi connectivity index (χ0n) is 10.2. The molecular formula is C15H13FO2S. The van der Waals surface area contributed by atoms with Crippen LogP contribution in [0.15, 0.2) is 48.5 Å². The van der Waals surface area contributed by atoms with Crippen molar-refractivity contribution in [3.63, 3.8) is 0 Å². The van der Waals surface area contributed by atoms with E-state index < -0.39 is 11.8 Å². The van der Waals surface area contributed by atoms with E-state index in [-0.39, 0.29) is 5.56 Å². The molecule has 0 radical (unpaired) electrons. The van der Waals surface area contributed by atoms with Gasteiger partial charge in [0.2, 0.25) is 0 Å². The monoisotopic (exact) mass is 276 g/mol. The van der Waals surface area contributed by atoms with Crippen molar-refractivity contribution in [2.45, 2.75) is 11.5 Å². The Hall–Kier alpha value is -1.81. The summed E-state index contributed by atoms with van der Waals surface area (Å²) >= 11 is 1.60. The summed E-state index contributed by atoms with van der Waals surface area (Å²) in [6.07, 6.45) is 0. The number of hydrogen-bond donors (Lipinski definition) is 1. The quantitative estimate of drug-likeness (QED) is 0.898. The Labute approximate surface area is 115 Å². The molecular weight excluding hydrogens is 263 g/mol. The van der Waals surface area contributed by atoms with Crippen LogP contribution in [0.3, 0.4) is 0 Å². The second-order valence-corrected chi connectivity index (χ2v) is 5.08. The third-order valence-electron chi connectivity index (χ3n) is 2.67. The summed E-state index contributed by atoms with van der Waals surface area (Å²) in [7, 11) is 0. The van der Waals surface area contributed by atoms with Crippen molar-refractivity contribution in [2.24, 2.45) is 0 Å². The van der Waals surface area contributed by atoms with E-state index in [1.54, 1.807) is 11.8 Å². The van der Waals surface area contributed by atoms with Crippen molar-refractivity contribution >= 4 is 17.7 Å². The van der Waals surface area contributed by atoms with E-state index in [2.05, 4.69) is 0 Å². The zero-order valence-corrected chi connectivity index (χ0v) is 11.0. The van der Waals surface area contributed by atoms with Gasteiger partial charge in [0, 0.05) is 11.5 Å². The maximum atomic E-state index is 13.7. The Morgan fingerprint density at radius 2 is 1.84 bits per heavy atom. The lowest BCUT2D eigenvalue weighted by Crippen LogP contribution is -1.98. The van der Waals surface area contributed by atoms with E-state index in [4.69, 9.17) is 5.11 Å². The molecule has 0 spiro atoms. The van der Waals surface area contributed by atoms with Crippen LogP contribution in [0.2, 0.25) is 0 Å². The summed E-state index contributed by atoms with van der Waals surface area (Å²) in [5.41, 5.74) is 1.70. The van der Waals surface area contributed by atoms with Crippen molar-refractivity contribution in [1.82, 2.24) is 0 Å². The summed E-state index contributed by atoms with van der Waals surface area (Å²) in [6, 6.07) is 14.0. The van der Waals surface area contributed by atoms with Gasteiger partial charge in [-0.2, -0.15) is 11.8 Å². The molecule has 0 amide bonds. The van der Waals surface area contributed by atoms with E-state index in [9.17, 15) is 9.18 Å². The van der Waals surface area contributed by atoms with Gasteiger partial charge in [-0.15, -0.1) is 0 Å². The van der Waals surface area contributed by atoms with Gasteiger partial charge in [0.05, 0.1) is 5.56 Å². The first-order valence-electron chi connectivity index (χ1n) is 5.80. The Balaban J connectivity index is 1.95. The summed E-state index contributed by atoms with van der Waals surface area (Å²) in [4.78, 5) is 10.7. The number of carboxylic acid groups (broad SMARTS) is 1. The first-order chi connectivity index (χ1) is 9.16. The molecule has 0 unspecified atom stereocenters. The highest BCUT2D eigenvalue weighted by atomic mass is 32.2. The van der Waals surface area contributed by atoms with Crippen LogP contribution in [0.4, 0.5) is 4.39 Å². The second-order valence-electron chi connectivity index (χ2n) is 4.09. The van der Waals surface area contributed by atoms with Crippen LogP contribution >= 0.6 is 11.8 Å². The van der Waals surface area contributed by atoms with Gasteiger partial charge in [0.25, 0.3) is 0 Å². The molecule has 0 saturated heterocycles. The van der Waals surface area contributed by atoms with Crippen LogP contribution < -0.4 is 0 Å². The van der Waals surface area contributed by atoms with Gasteiger partial charge >= 0.3 is 5.97 Å². The SMILES string of the molecule is O=C(O)c1ccc(CSCc2ccccc2)c(F)c1. The van der Waals surface area contributed by atoms with Crippen LogP contribution in [-0.4, -0.2) is 11.1 Å². The number of aromatic carboxylic acids is 1. The van der Waals surface area contributed by atoms with Crippen molar-refractivity contribution < 1.29 is 14.3 Å². The third-order valence-corrected chi connectivity index (χ3v) is 3.72. The van der Waals surface area contributed by atoms with Crippen molar-refractivity contribution in [1.29, 1.82) is 0 Å². The van der Waals surface area contributed by atoms with E-state index in [0.29, 0.717) is 11.3 Å². The molecule has 0 bridgehead atoms. The zero-order chi connectivity index (χ0) is 13.7. The minimum atomic E-state index is -1.11. The molecule has 0 aliphatic heterocycles. The smallest absolute Gasteiger partial charge is 0.335 e. The molecule has 4 heteroatoms. The lowest BCUT2D eigenvalue weighted by molar-refractivity contribution is 0.0696. The fourth-order valence-corrected chi connectivity index (χ4v) is 2.63. The van der Waals surface area contributed by atoms with Crippen molar-refractivity contribution in [3.05, 3.63) is 71.0 Å². The van der Waals surface area contributed by atoms with Gasteiger partial charge in [-0.05, 0) is 23.3 Å². The minimum Gasteiger partial charge on any atom is -0.478 e. The largest absolute Gasteiger partial charge is 0.478 e. The number of thioether (sulfide) groups is 1. The predicted octanol–water partition coefficient (Wildman–Crippen LogP) is 3.96. The lowest BCUT2D eigenvalue weighted by atomic mass is 10.1. The third kappa shape index (κ3) is 3.83. The predicted molar refractivity (Wildman–Crippen MR) is 74.8 cm³/mol. The van der Waals surface area contributed by atoms with Crippen LogP contribution in [0, 0.1) is 5.82 Å². The average molecular weight is 276 g/mol. The standard InChI is InChI=1S/C15H13FO2S/c16-14-8-12(15(17)18)6-7-13(14)10-19-9-11-4-2-1-3-5-11/h1-8H,9-10H2,(H,17,18). The highest BCUT2D eigenvalue weighted by molar-refractivity contribution is 7.97. The van der Waals surface area contributed by atoms with E-state index in [0.717, 1.165) is 11.8 Å². The molecule has 19 heavy (non-hydrogen) atoms. The summed E-state index contributed by atoms with van der Waals surface area (Å²) in [5.74, 6) is -0.232. The molecule has 0 aliphatic carbocycles. The molecule has 0 heterocycles. The van der Waals surface area contributed by atoms with Crippen LogP contribution in [0.1, 0.15) is 21.5 Å². The van der Waals surface area contributed by atoms with Gasteiger partial charge in [-0.3, -0.25) is 0 Å². The summed E-state index contributed by atoms with van der Waals surface area (Å²) in [6.45, 7) is 0. The highest BCUT2D eigenvalue weighted by Crippen LogP contribution is 2.20. The molecule has 0 aliphatic rings. The van der Waals surface area contributed by atoms with Crippen molar-refractivity contribution in [2.75, 3.05) is 0 Å².